The van der Waals surface area contributed by atoms with Crippen LogP contribution in [0.2, 0.25) is 0 Å². The SMILES string of the molecule is O=[N+]([O-])c1cccc(CSc2ccc(Br)cn2)c1F. The van der Waals surface area contributed by atoms with Crippen molar-refractivity contribution in [3.05, 3.63) is 62.5 Å². The van der Waals surface area contributed by atoms with Crippen molar-refractivity contribution < 1.29 is 9.31 Å². The molecule has 0 fully saturated rings. The third kappa shape index (κ3) is 3.51. The van der Waals surface area contributed by atoms with E-state index < -0.39 is 16.4 Å². The summed E-state index contributed by atoms with van der Waals surface area (Å²) in [5.74, 6) is -0.487. The first-order valence-corrected chi connectivity index (χ1v) is 7.02. The Morgan fingerprint density at radius 2 is 2.16 bits per heavy atom. The molecule has 19 heavy (non-hydrogen) atoms. The van der Waals surface area contributed by atoms with Gasteiger partial charge in [0.2, 0.25) is 5.82 Å². The minimum absolute atomic E-state index is 0.294. The smallest absolute Gasteiger partial charge is 0.258 e. The number of nitro groups is 1. The summed E-state index contributed by atoms with van der Waals surface area (Å²) in [6.07, 6.45) is 1.64. The molecule has 0 amide bonds. The van der Waals surface area contributed by atoms with Crippen LogP contribution in [0.25, 0.3) is 0 Å². The number of aromatic nitrogens is 1. The Bertz CT molecular complexity index is 607. The first kappa shape index (κ1) is 14.0. The predicted molar refractivity (Wildman–Crippen MR) is 74.6 cm³/mol. The van der Waals surface area contributed by atoms with Crippen molar-refractivity contribution in [1.82, 2.24) is 4.98 Å². The summed E-state index contributed by atoms with van der Waals surface area (Å²) < 4.78 is 14.7. The zero-order valence-electron chi connectivity index (χ0n) is 9.55. The maximum absolute atomic E-state index is 13.8. The molecular formula is C12H8BrFN2O2S. The molecule has 1 aromatic carbocycles. The minimum atomic E-state index is -0.780. The van der Waals surface area contributed by atoms with E-state index in [4.69, 9.17) is 0 Å². The minimum Gasteiger partial charge on any atom is -0.258 e. The molecule has 7 heteroatoms. The van der Waals surface area contributed by atoms with Crippen LogP contribution >= 0.6 is 27.7 Å². The average Bonchev–Trinajstić information content (AvgIpc) is 2.39. The van der Waals surface area contributed by atoms with Crippen molar-refractivity contribution in [3.8, 4) is 0 Å². The summed E-state index contributed by atoms with van der Waals surface area (Å²) in [5.41, 5.74) is -0.203. The third-order valence-electron chi connectivity index (χ3n) is 2.33. The van der Waals surface area contributed by atoms with Gasteiger partial charge in [-0.05, 0) is 28.1 Å². The molecule has 0 aliphatic carbocycles. The molecule has 0 bridgehead atoms. The van der Waals surface area contributed by atoms with Gasteiger partial charge in [-0.1, -0.05) is 12.1 Å². The molecule has 2 aromatic rings. The van der Waals surface area contributed by atoms with E-state index in [0.717, 1.165) is 15.6 Å². The van der Waals surface area contributed by atoms with Crippen molar-refractivity contribution in [3.63, 3.8) is 0 Å². The van der Waals surface area contributed by atoms with E-state index in [1.807, 2.05) is 6.07 Å². The predicted octanol–water partition coefficient (Wildman–Crippen LogP) is 4.18. The van der Waals surface area contributed by atoms with E-state index in [0.29, 0.717) is 11.3 Å². The Morgan fingerprint density at radius 1 is 1.37 bits per heavy atom. The highest BCUT2D eigenvalue weighted by atomic mass is 79.9. The van der Waals surface area contributed by atoms with Crippen LogP contribution in [0.15, 0.2) is 46.0 Å². The molecule has 0 atom stereocenters. The van der Waals surface area contributed by atoms with E-state index in [-0.39, 0.29) is 0 Å². The van der Waals surface area contributed by atoms with Crippen molar-refractivity contribution >= 4 is 33.4 Å². The monoisotopic (exact) mass is 342 g/mol. The second-order valence-corrected chi connectivity index (χ2v) is 5.52. The number of pyridine rings is 1. The Balaban J connectivity index is 2.13. The third-order valence-corrected chi connectivity index (χ3v) is 3.79. The van der Waals surface area contributed by atoms with Gasteiger partial charge in [0.25, 0.3) is 0 Å². The number of benzene rings is 1. The van der Waals surface area contributed by atoms with Gasteiger partial charge in [-0.3, -0.25) is 10.1 Å². The fourth-order valence-corrected chi connectivity index (χ4v) is 2.47. The molecule has 1 aromatic heterocycles. The number of nitrogens with zero attached hydrogens (tertiary/aromatic N) is 2. The van der Waals surface area contributed by atoms with Crippen LogP contribution in [0.1, 0.15) is 5.56 Å². The van der Waals surface area contributed by atoms with E-state index >= 15 is 0 Å². The number of hydrogen-bond acceptors (Lipinski definition) is 4. The normalized spacial score (nSPS) is 10.4. The maximum Gasteiger partial charge on any atom is 0.305 e. The summed E-state index contributed by atoms with van der Waals surface area (Å²) in [7, 11) is 0. The first-order chi connectivity index (χ1) is 9.08. The van der Waals surface area contributed by atoms with Gasteiger partial charge in [0.05, 0.1) is 9.95 Å². The van der Waals surface area contributed by atoms with Crippen LogP contribution in [0, 0.1) is 15.9 Å². The van der Waals surface area contributed by atoms with Crippen LogP contribution in [-0.4, -0.2) is 9.91 Å². The fraction of sp³-hybridized carbons (Fsp3) is 0.0833. The van der Waals surface area contributed by atoms with Gasteiger partial charge < -0.3 is 0 Å². The molecule has 0 saturated heterocycles. The lowest BCUT2D eigenvalue weighted by Crippen LogP contribution is -1.96. The van der Waals surface area contributed by atoms with Crippen molar-refractivity contribution in [2.45, 2.75) is 10.8 Å². The van der Waals surface area contributed by atoms with Gasteiger partial charge in [-0.15, -0.1) is 11.8 Å². The lowest BCUT2D eigenvalue weighted by atomic mass is 10.2. The number of nitro benzene ring substituents is 1. The number of halogens is 2. The molecule has 1 heterocycles. The van der Waals surface area contributed by atoms with Crippen molar-refractivity contribution in [2.75, 3.05) is 0 Å². The lowest BCUT2D eigenvalue weighted by Gasteiger charge is -2.03. The number of rotatable bonds is 4. The molecule has 0 N–H and O–H groups in total. The topological polar surface area (TPSA) is 56.0 Å². The Morgan fingerprint density at radius 3 is 2.79 bits per heavy atom. The Labute approximate surface area is 121 Å². The molecule has 2 rings (SSSR count). The van der Waals surface area contributed by atoms with Gasteiger partial charge in [-0.2, -0.15) is 4.39 Å². The van der Waals surface area contributed by atoms with Crippen LogP contribution in [-0.2, 0) is 5.75 Å². The van der Waals surface area contributed by atoms with Gasteiger partial charge >= 0.3 is 5.69 Å². The van der Waals surface area contributed by atoms with Gasteiger partial charge in [0, 0.05) is 28.1 Å². The molecule has 0 aliphatic rings. The highest BCUT2D eigenvalue weighted by Gasteiger charge is 2.17. The van der Waals surface area contributed by atoms with Crippen LogP contribution in [0.4, 0.5) is 10.1 Å². The highest BCUT2D eigenvalue weighted by molar-refractivity contribution is 9.10. The summed E-state index contributed by atoms with van der Waals surface area (Å²) in [6, 6.07) is 7.80. The van der Waals surface area contributed by atoms with Crippen LogP contribution in [0.3, 0.4) is 0 Å². The summed E-state index contributed by atoms with van der Waals surface area (Å²) in [6.45, 7) is 0. The molecule has 0 aliphatic heterocycles. The fourth-order valence-electron chi connectivity index (χ4n) is 1.42. The largest absolute Gasteiger partial charge is 0.305 e. The molecule has 4 nitrogen and oxygen atoms in total. The van der Waals surface area contributed by atoms with E-state index in [2.05, 4.69) is 20.9 Å². The van der Waals surface area contributed by atoms with Crippen LogP contribution in [0.5, 0.6) is 0 Å². The molecule has 98 valence electrons. The van der Waals surface area contributed by atoms with E-state index in [9.17, 15) is 14.5 Å². The van der Waals surface area contributed by atoms with Gasteiger partial charge in [0.15, 0.2) is 0 Å². The Kier molecular flexibility index (Phi) is 4.49. The van der Waals surface area contributed by atoms with Crippen molar-refractivity contribution in [1.29, 1.82) is 0 Å². The molecule has 0 spiro atoms. The zero-order valence-corrected chi connectivity index (χ0v) is 11.9. The zero-order chi connectivity index (χ0) is 13.8. The highest BCUT2D eigenvalue weighted by Crippen LogP contribution is 2.27. The average molecular weight is 343 g/mol. The van der Waals surface area contributed by atoms with Crippen molar-refractivity contribution in [2.24, 2.45) is 0 Å². The van der Waals surface area contributed by atoms with Crippen LogP contribution < -0.4 is 0 Å². The second-order valence-electron chi connectivity index (χ2n) is 3.61. The van der Waals surface area contributed by atoms with E-state index in [1.165, 1.54) is 23.9 Å². The number of thioether (sulfide) groups is 1. The van der Waals surface area contributed by atoms with Gasteiger partial charge in [0.1, 0.15) is 0 Å². The van der Waals surface area contributed by atoms with Gasteiger partial charge in [-0.25, -0.2) is 4.98 Å². The molecule has 0 unspecified atom stereocenters. The quantitative estimate of drug-likeness (QED) is 0.475. The van der Waals surface area contributed by atoms with E-state index in [1.54, 1.807) is 12.3 Å². The number of hydrogen-bond donors (Lipinski definition) is 0. The summed E-state index contributed by atoms with van der Waals surface area (Å²) in [4.78, 5) is 14.0. The lowest BCUT2D eigenvalue weighted by molar-refractivity contribution is -0.387. The maximum atomic E-state index is 13.8. The Hall–Kier alpha value is -1.47. The standard InChI is InChI=1S/C12H8BrFN2O2S/c13-9-4-5-11(15-6-9)19-7-8-2-1-3-10(12(8)14)16(17)18/h1-6H,7H2. The first-order valence-electron chi connectivity index (χ1n) is 5.24. The molecule has 0 saturated carbocycles. The molecule has 0 radical (unpaired) electrons. The summed E-state index contributed by atoms with van der Waals surface area (Å²) >= 11 is 4.59. The molecular weight excluding hydrogens is 335 g/mol. The summed E-state index contributed by atoms with van der Waals surface area (Å²) in [5, 5.41) is 11.4. The second kappa shape index (κ2) is 6.12.